The molecule has 0 unspecified atom stereocenters. The molecule has 1 fully saturated rings. The number of benzene rings is 2. The van der Waals surface area contributed by atoms with Crippen LogP contribution in [0.25, 0.3) is 0 Å². The van der Waals surface area contributed by atoms with Gasteiger partial charge in [0.05, 0.1) is 5.92 Å². The fourth-order valence-electron chi connectivity index (χ4n) is 3.33. The van der Waals surface area contributed by atoms with E-state index in [1.54, 1.807) is 12.1 Å². The van der Waals surface area contributed by atoms with Gasteiger partial charge in [-0.05, 0) is 61.7 Å². The van der Waals surface area contributed by atoms with E-state index in [0.717, 1.165) is 21.2 Å². The molecule has 1 saturated heterocycles. The van der Waals surface area contributed by atoms with Crippen molar-refractivity contribution >= 4 is 56.7 Å². The van der Waals surface area contributed by atoms with Crippen molar-refractivity contribution in [3.63, 3.8) is 0 Å². The summed E-state index contributed by atoms with van der Waals surface area (Å²) in [6, 6.07) is 8.99. The van der Waals surface area contributed by atoms with Gasteiger partial charge in [-0.15, -0.1) is 0 Å². The highest BCUT2D eigenvalue weighted by Gasteiger charge is 2.36. The highest BCUT2D eigenvalue weighted by Crippen LogP contribution is 2.29. The Labute approximate surface area is 188 Å². The van der Waals surface area contributed by atoms with Crippen molar-refractivity contribution in [1.29, 1.82) is 0 Å². The molecule has 2 aromatic rings. The number of hydrogen-bond donors (Lipinski definition) is 1. The molecule has 0 aromatic heterocycles. The Kier molecular flexibility index (Phi) is 6.83. The summed E-state index contributed by atoms with van der Waals surface area (Å²) in [6.45, 7) is 5.52. The Morgan fingerprint density at radius 2 is 1.83 bits per heavy atom. The fraction of sp³-hybridized carbons (Fsp3) is 0.318. The van der Waals surface area contributed by atoms with E-state index in [0.29, 0.717) is 16.4 Å². The molecule has 0 radical (unpaired) electrons. The summed E-state index contributed by atoms with van der Waals surface area (Å²) in [5.41, 5.74) is 4.16. The maximum absolute atomic E-state index is 12.4. The number of carbonyl (C=O) groups excluding carboxylic acids is 3. The number of carbonyl (C=O) groups is 3. The molecule has 2 aromatic carbocycles. The van der Waals surface area contributed by atoms with Crippen LogP contribution in [0.2, 0.25) is 5.02 Å². The quantitative estimate of drug-likeness (QED) is 0.620. The lowest BCUT2D eigenvalue weighted by molar-refractivity contribution is -0.151. The molecule has 6 nitrogen and oxygen atoms in total. The average Bonchev–Trinajstić information content (AvgIpc) is 3.08. The van der Waals surface area contributed by atoms with Crippen LogP contribution >= 0.6 is 27.5 Å². The second-order valence-corrected chi connectivity index (χ2v) is 8.62. The van der Waals surface area contributed by atoms with Crippen molar-refractivity contribution < 1.29 is 19.1 Å². The van der Waals surface area contributed by atoms with Gasteiger partial charge >= 0.3 is 5.97 Å². The number of amides is 2. The molecule has 0 saturated carbocycles. The van der Waals surface area contributed by atoms with Crippen molar-refractivity contribution in [2.24, 2.45) is 5.92 Å². The van der Waals surface area contributed by atoms with E-state index < -0.39 is 24.4 Å². The SMILES string of the molecule is Cc1ccc(N2C[C@@H](C(=O)OCC(=O)Nc3cc(C)c(Br)c(C)c3)CC2=O)cc1Cl. The van der Waals surface area contributed by atoms with Crippen LogP contribution in [-0.2, 0) is 19.1 Å². The Morgan fingerprint density at radius 3 is 2.47 bits per heavy atom. The second-order valence-electron chi connectivity index (χ2n) is 7.42. The molecule has 1 aliphatic rings. The van der Waals surface area contributed by atoms with Crippen LogP contribution in [0.3, 0.4) is 0 Å². The molecule has 0 spiro atoms. The zero-order valence-corrected chi connectivity index (χ0v) is 19.3. The molecule has 158 valence electrons. The van der Waals surface area contributed by atoms with Crippen molar-refractivity contribution in [3.8, 4) is 0 Å². The Hall–Kier alpha value is -2.38. The van der Waals surface area contributed by atoms with Gasteiger partial charge in [-0.2, -0.15) is 0 Å². The molecule has 0 bridgehead atoms. The minimum absolute atomic E-state index is 0.0387. The number of nitrogens with one attached hydrogen (secondary N) is 1. The van der Waals surface area contributed by atoms with Crippen LogP contribution < -0.4 is 10.2 Å². The molecule has 1 heterocycles. The van der Waals surface area contributed by atoms with Crippen molar-refractivity contribution in [1.82, 2.24) is 0 Å². The first kappa shape index (κ1) is 22.3. The lowest BCUT2D eigenvalue weighted by Crippen LogP contribution is -2.28. The van der Waals surface area contributed by atoms with Crippen molar-refractivity contribution in [2.45, 2.75) is 27.2 Å². The molecular weight excluding hydrogens is 472 g/mol. The number of rotatable bonds is 5. The molecule has 0 aliphatic carbocycles. The van der Waals surface area contributed by atoms with Gasteiger partial charge in [0.1, 0.15) is 0 Å². The number of anilines is 2. The molecule has 3 rings (SSSR count). The summed E-state index contributed by atoms with van der Waals surface area (Å²) < 4.78 is 6.14. The zero-order valence-electron chi connectivity index (χ0n) is 16.9. The second kappa shape index (κ2) is 9.18. The van der Waals surface area contributed by atoms with E-state index in [9.17, 15) is 14.4 Å². The lowest BCUT2D eigenvalue weighted by Gasteiger charge is -2.17. The molecule has 1 atom stereocenters. The van der Waals surface area contributed by atoms with Gasteiger partial charge in [-0.25, -0.2) is 0 Å². The topological polar surface area (TPSA) is 75.7 Å². The van der Waals surface area contributed by atoms with Crippen LogP contribution in [-0.4, -0.2) is 30.9 Å². The third-order valence-electron chi connectivity index (χ3n) is 4.99. The summed E-state index contributed by atoms with van der Waals surface area (Å²) in [7, 11) is 0. The molecule has 1 aliphatic heterocycles. The molecule has 1 N–H and O–H groups in total. The van der Waals surface area contributed by atoms with Gasteiger partial charge in [-0.1, -0.05) is 33.6 Å². The van der Waals surface area contributed by atoms with E-state index in [1.165, 1.54) is 4.90 Å². The van der Waals surface area contributed by atoms with E-state index in [-0.39, 0.29) is 18.9 Å². The molecule has 8 heteroatoms. The molecule has 30 heavy (non-hydrogen) atoms. The highest BCUT2D eigenvalue weighted by atomic mass is 79.9. The maximum atomic E-state index is 12.4. The first-order chi connectivity index (χ1) is 14.2. The maximum Gasteiger partial charge on any atom is 0.311 e. The van der Waals surface area contributed by atoms with Gasteiger partial charge in [0.2, 0.25) is 5.91 Å². The summed E-state index contributed by atoms with van der Waals surface area (Å²) in [5.74, 6) is -1.80. The van der Waals surface area contributed by atoms with Gasteiger partial charge < -0.3 is 15.0 Å². The minimum atomic E-state index is -0.623. The fourth-order valence-corrected chi connectivity index (χ4v) is 3.74. The number of aryl methyl sites for hydroxylation is 3. The predicted molar refractivity (Wildman–Crippen MR) is 120 cm³/mol. The van der Waals surface area contributed by atoms with E-state index in [4.69, 9.17) is 16.3 Å². The van der Waals surface area contributed by atoms with E-state index in [1.807, 2.05) is 39.0 Å². The highest BCUT2D eigenvalue weighted by molar-refractivity contribution is 9.10. The van der Waals surface area contributed by atoms with Crippen LogP contribution in [0.4, 0.5) is 11.4 Å². The van der Waals surface area contributed by atoms with Crippen LogP contribution in [0.1, 0.15) is 23.1 Å². The van der Waals surface area contributed by atoms with Gasteiger partial charge in [0, 0.05) is 33.8 Å². The number of halogens is 2. The minimum Gasteiger partial charge on any atom is -0.455 e. The van der Waals surface area contributed by atoms with Gasteiger partial charge in [-0.3, -0.25) is 14.4 Å². The van der Waals surface area contributed by atoms with Crippen LogP contribution in [0.5, 0.6) is 0 Å². The van der Waals surface area contributed by atoms with Gasteiger partial charge in [0.15, 0.2) is 6.61 Å². The Bertz CT molecular complexity index is 1000. The zero-order chi connectivity index (χ0) is 22.0. The summed E-state index contributed by atoms with van der Waals surface area (Å²) in [4.78, 5) is 38.4. The Balaban J connectivity index is 1.55. The van der Waals surface area contributed by atoms with Crippen molar-refractivity contribution in [3.05, 3.63) is 56.5 Å². The van der Waals surface area contributed by atoms with E-state index in [2.05, 4.69) is 21.2 Å². The third-order valence-corrected chi connectivity index (χ3v) is 6.65. The van der Waals surface area contributed by atoms with E-state index >= 15 is 0 Å². The summed E-state index contributed by atoms with van der Waals surface area (Å²) in [6.07, 6.45) is 0.0387. The first-order valence-electron chi connectivity index (χ1n) is 9.45. The molecule has 2 amide bonds. The Morgan fingerprint density at radius 1 is 1.17 bits per heavy atom. The number of nitrogens with zero attached hydrogens (tertiary/aromatic N) is 1. The monoisotopic (exact) mass is 492 g/mol. The average molecular weight is 494 g/mol. The lowest BCUT2D eigenvalue weighted by atomic mass is 10.1. The van der Waals surface area contributed by atoms with Crippen molar-refractivity contribution in [2.75, 3.05) is 23.4 Å². The largest absolute Gasteiger partial charge is 0.455 e. The third kappa shape index (κ3) is 5.02. The number of hydrogen-bond acceptors (Lipinski definition) is 4. The van der Waals surface area contributed by atoms with Crippen LogP contribution in [0.15, 0.2) is 34.8 Å². The van der Waals surface area contributed by atoms with Gasteiger partial charge in [0.25, 0.3) is 5.91 Å². The van der Waals surface area contributed by atoms with Crippen LogP contribution in [0, 0.1) is 26.7 Å². The number of ether oxygens (including phenoxy) is 1. The summed E-state index contributed by atoms with van der Waals surface area (Å²) in [5, 5.41) is 3.28. The smallest absolute Gasteiger partial charge is 0.311 e. The first-order valence-corrected chi connectivity index (χ1v) is 10.6. The summed E-state index contributed by atoms with van der Waals surface area (Å²) >= 11 is 9.62. The molecular formula is C22H22BrClN2O4. The standard InChI is InChI=1S/C22H22BrClN2O4/c1-12-4-5-17(9-18(12)24)26-10-15(8-20(26)28)22(29)30-11-19(27)25-16-6-13(2)21(23)14(3)7-16/h4-7,9,15H,8,10-11H2,1-3H3,(H,25,27)/t15-/m0/s1. The number of esters is 1. The normalized spacial score (nSPS) is 16.0. The predicted octanol–water partition coefficient (Wildman–Crippen LogP) is 4.56.